The molecule has 1 aromatic rings. The van der Waals surface area contributed by atoms with Gasteiger partial charge in [-0.15, -0.1) is 6.58 Å². The maximum atomic E-state index is 13.8. The molecule has 264 valence electrons. The van der Waals surface area contributed by atoms with E-state index in [1.807, 2.05) is 6.92 Å². The number of rotatable bonds is 7. The van der Waals surface area contributed by atoms with Crippen LogP contribution >= 0.6 is 0 Å². The summed E-state index contributed by atoms with van der Waals surface area (Å²) in [5.41, 5.74) is 1.70. The molecule has 0 spiro atoms. The van der Waals surface area contributed by atoms with Crippen LogP contribution in [0, 0.1) is 51.2 Å². The Hall–Kier alpha value is -2.93. The van der Waals surface area contributed by atoms with Gasteiger partial charge in [0.05, 0.1) is 16.5 Å². The fourth-order valence-electron chi connectivity index (χ4n) is 12.4. The molecular formula is C41H60N2O5. The van der Waals surface area contributed by atoms with Crippen LogP contribution in [0.2, 0.25) is 0 Å². The second kappa shape index (κ2) is 13.4. The van der Waals surface area contributed by atoms with Crippen molar-refractivity contribution in [1.29, 1.82) is 0 Å². The Balaban J connectivity index is 0.00000145. The summed E-state index contributed by atoms with van der Waals surface area (Å²) in [5.74, 6) is 0.754. The third kappa shape index (κ3) is 5.86. The summed E-state index contributed by atoms with van der Waals surface area (Å²) in [6, 6.07) is 4.84. The number of carboxylic acid groups (broad SMARTS) is 2. The number of likely N-dealkylation sites (N-methyl/N-ethyl adjacent to an activating group) is 1. The molecule has 1 amide bonds. The van der Waals surface area contributed by atoms with Crippen molar-refractivity contribution in [3.05, 3.63) is 53.6 Å². The summed E-state index contributed by atoms with van der Waals surface area (Å²) in [4.78, 5) is 39.6. The molecule has 3 N–H and O–H groups in total. The zero-order chi connectivity index (χ0) is 35.2. The molecule has 0 heterocycles. The molecule has 4 saturated carbocycles. The minimum atomic E-state index is -1.21. The van der Waals surface area contributed by atoms with Gasteiger partial charge >= 0.3 is 11.9 Å². The number of amides is 1. The molecule has 0 bridgehead atoms. The Labute approximate surface area is 288 Å². The van der Waals surface area contributed by atoms with Crippen LogP contribution < -0.4 is 5.32 Å². The first kappa shape index (κ1) is 36.4. The van der Waals surface area contributed by atoms with Gasteiger partial charge < -0.3 is 20.4 Å². The maximum Gasteiger partial charge on any atom is 0.336 e. The van der Waals surface area contributed by atoms with E-state index in [0.29, 0.717) is 35.5 Å². The van der Waals surface area contributed by atoms with Crippen LogP contribution in [0.15, 0.2) is 36.9 Å². The fraction of sp³-hybridized carbons (Fsp3) is 0.683. The van der Waals surface area contributed by atoms with Crippen molar-refractivity contribution >= 4 is 23.4 Å². The van der Waals surface area contributed by atoms with Gasteiger partial charge in [0.2, 0.25) is 5.91 Å². The molecular weight excluding hydrogens is 600 g/mol. The van der Waals surface area contributed by atoms with E-state index in [2.05, 4.69) is 64.7 Å². The number of allylic oxidation sites excluding steroid dienone is 3. The lowest BCUT2D eigenvalue weighted by molar-refractivity contribution is -0.181. The molecule has 0 saturated heterocycles. The number of nitrogens with zero attached hydrogens (tertiary/aromatic N) is 1. The second-order valence-corrected chi connectivity index (χ2v) is 17.1. The van der Waals surface area contributed by atoms with E-state index in [9.17, 15) is 24.6 Å². The summed E-state index contributed by atoms with van der Waals surface area (Å²) in [7, 11) is 4.11. The minimum Gasteiger partial charge on any atom is -0.478 e. The van der Waals surface area contributed by atoms with Crippen LogP contribution in [0.3, 0.4) is 0 Å². The summed E-state index contributed by atoms with van der Waals surface area (Å²) in [6.45, 7) is 16.6. The van der Waals surface area contributed by atoms with Gasteiger partial charge in [0.15, 0.2) is 0 Å². The lowest BCUT2D eigenvalue weighted by atomic mass is 9.36. The number of hydrogen-bond donors (Lipinski definition) is 3. The average molecular weight is 661 g/mol. The van der Waals surface area contributed by atoms with Crippen LogP contribution in [-0.4, -0.2) is 60.1 Å². The number of nitrogens with one attached hydrogen (secondary N) is 1. The molecule has 0 aliphatic heterocycles. The number of fused-ring (bicyclic) bond motifs is 7. The smallest absolute Gasteiger partial charge is 0.336 e. The van der Waals surface area contributed by atoms with Gasteiger partial charge in [0.1, 0.15) is 0 Å². The van der Waals surface area contributed by atoms with Crippen molar-refractivity contribution in [2.45, 2.75) is 98.8 Å². The molecule has 0 aromatic heterocycles. The largest absolute Gasteiger partial charge is 0.478 e. The molecule has 6 rings (SSSR count). The average Bonchev–Trinajstić information content (AvgIpc) is 3.46. The van der Waals surface area contributed by atoms with E-state index >= 15 is 0 Å². The highest BCUT2D eigenvalue weighted by atomic mass is 16.4. The van der Waals surface area contributed by atoms with Gasteiger partial charge in [0, 0.05) is 13.1 Å². The Morgan fingerprint density at radius 3 is 2.23 bits per heavy atom. The highest BCUT2D eigenvalue weighted by molar-refractivity contribution is 6.02. The third-order valence-corrected chi connectivity index (χ3v) is 14.2. The number of hydrogen-bond acceptors (Lipinski definition) is 4. The van der Waals surface area contributed by atoms with Crippen molar-refractivity contribution in [1.82, 2.24) is 10.2 Å². The lowest BCUT2D eigenvalue weighted by Gasteiger charge is -2.68. The zero-order valence-electron chi connectivity index (χ0n) is 30.5. The molecule has 8 unspecified atom stereocenters. The zero-order valence-corrected chi connectivity index (χ0v) is 30.5. The van der Waals surface area contributed by atoms with Crippen molar-refractivity contribution in [2.24, 2.45) is 51.2 Å². The van der Waals surface area contributed by atoms with Crippen LogP contribution in [-0.2, 0) is 4.79 Å². The van der Waals surface area contributed by atoms with Crippen molar-refractivity contribution in [3.8, 4) is 0 Å². The predicted octanol–water partition coefficient (Wildman–Crippen LogP) is 8.41. The van der Waals surface area contributed by atoms with E-state index in [1.54, 1.807) is 18.2 Å². The maximum absolute atomic E-state index is 13.8. The van der Waals surface area contributed by atoms with E-state index in [-0.39, 0.29) is 32.8 Å². The molecule has 0 radical (unpaired) electrons. The van der Waals surface area contributed by atoms with Crippen LogP contribution in [0.1, 0.15) is 125 Å². The Bertz CT molecular complexity index is 1460. The predicted molar refractivity (Wildman–Crippen MR) is 192 cm³/mol. The van der Waals surface area contributed by atoms with E-state index < -0.39 is 11.9 Å². The van der Waals surface area contributed by atoms with E-state index in [1.165, 1.54) is 38.2 Å². The number of benzene rings is 1. The summed E-state index contributed by atoms with van der Waals surface area (Å²) in [5, 5.41) is 22.7. The lowest BCUT2D eigenvalue weighted by Crippen LogP contribution is -2.62. The standard InChI is InChI=1S/C38H54N2O5.C3H6/c1-35(2)27(23-9-10-24(32(41)42)26(22-23)33(43)44)13-17-37(4)30(35)15-18-36(3)28-14-19-38(34(45)39-20-21-40(5)6)16-7-8-29(38)25(28)11-12-31(36)37;1-3-2/h9-10,13,22,25,28-31H,7-8,11-12,14-21H2,1-6H3,(H,39,45)(H,41,42)(H,43,44);3H,1H2,2H3. The Morgan fingerprint density at radius 2 is 1.58 bits per heavy atom. The van der Waals surface area contributed by atoms with E-state index in [4.69, 9.17) is 0 Å². The molecule has 7 heteroatoms. The van der Waals surface area contributed by atoms with Crippen molar-refractivity contribution in [2.75, 3.05) is 27.2 Å². The first-order valence-corrected chi connectivity index (χ1v) is 18.4. The molecule has 4 fully saturated rings. The third-order valence-electron chi connectivity index (χ3n) is 14.2. The quantitative estimate of drug-likeness (QED) is 0.254. The van der Waals surface area contributed by atoms with Crippen LogP contribution in [0.5, 0.6) is 0 Å². The molecule has 8 atom stereocenters. The van der Waals surface area contributed by atoms with Gasteiger partial charge in [-0.05, 0) is 148 Å². The van der Waals surface area contributed by atoms with Gasteiger partial charge in [-0.2, -0.15) is 0 Å². The molecule has 5 aliphatic rings. The molecule has 7 nitrogen and oxygen atoms in total. The van der Waals surface area contributed by atoms with Gasteiger partial charge in [-0.25, -0.2) is 9.59 Å². The van der Waals surface area contributed by atoms with Gasteiger partial charge in [0.25, 0.3) is 0 Å². The number of carbonyl (C=O) groups excluding carboxylic acids is 1. The Kier molecular flexibility index (Phi) is 10.2. The normalized spacial score (nSPS) is 36.2. The summed E-state index contributed by atoms with van der Waals surface area (Å²) >= 11 is 0. The van der Waals surface area contributed by atoms with Crippen LogP contribution in [0.25, 0.3) is 5.57 Å². The minimum absolute atomic E-state index is 0.134. The van der Waals surface area contributed by atoms with Crippen molar-refractivity contribution < 1.29 is 24.6 Å². The highest BCUT2D eigenvalue weighted by Gasteiger charge is 2.66. The number of carbonyl (C=O) groups is 3. The molecule has 48 heavy (non-hydrogen) atoms. The topological polar surface area (TPSA) is 107 Å². The monoisotopic (exact) mass is 660 g/mol. The number of carboxylic acids is 2. The first-order valence-electron chi connectivity index (χ1n) is 18.4. The van der Waals surface area contributed by atoms with Gasteiger partial charge in [-0.1, -0.05) is 52.3 Å². The van der Waals surface area contributed by atoms with E-state index in [0.717, 1.165) is 56.3 Å². The van der Waals surface area contributed by atoms with Crippen LogP contribution in [0.4, 0.5) is 0 Å². The fourth-order valence-corrected chi connectivity index (χ4v) is 12.4. The summed E-state index contributed by atoms with van der Waals surface area (Å²) < 4.78 is 0. The first-order chi connectivity index (χ1) is 22.6. The highest BCUT2D eigenvalue weighted by Crippen LogP contribution is 2.73. The van der Waals surface area contributed by atoms with Crippen molar-refractivity contribution in [3.63, 3.8) is 0 Å². The second-order valence-electron chi connectivity index (χ2n) is 17.1. The molecule has 1 aromatic carbocycles. The Morgan fingerprint density at radius 1 is 0.896 bits per heavy atom. The van der Waals surface area contributed by atoms with Gasteiger partial charge in [-0.3, -0.25) is 4.79 Å². The SMILES string of the molecule is C=CC.CN(C)CCNC(=O)C12CCCC1C1CCC3C(C)(CCC4C(C)(C)C(c5ccc(C(=O)O)c(C(=O)O)c5)=CCC43C)C1CC2. The molecule has 5 aliphatic carbocycles. The summed E-state index contributed by atoms with van der Waals surface area (Å²) in [6.07, 6.45) is 15.4. The number of aromatic carboxylic acids is 2.